The van der Waals surface area contributed by atoms with Crippen molar-refractivity contribution < 1.29 is 17.9 Å². The van der Waals surface area contributed by atoms with Crippen LogP contribution in [0.15, 0.2) is 23.1 Å². The lowest BCUT2D eigenvalue weighted by Crippen LogP contribution is -2.20. The lowest BCUT2D eigenvalue weighted by Gasteiger charge is -2.20. The number of halogens is 1. The van der Waals surface area contributed by atoms with Crippen molar-refractivity contribution in [1.29, 1.82) is 0 Å². The Morgan fingerprint density at radius 2 is 1.87 bits per heavy atom. The molecule has 0 aliphatic carbocycles. The molecular formula is C10H13FO3S. The van der Waals surface area contributed by atoms with Gasteiger partial charge in [0.15, 0.2) is 9.84 Å². The predicted octanol–water partition coefficient (Wildman–Crippen LogP) is 1.46. The lowest BCUT2D eigenvalue weighted by atomic mass is 9.98. The fourth-order valence-corrected chi connectivity index (χ4v) is 2.51. The maximum atomic E-state index is 13.4. The summed E-state index contributed by atoms with van der Waals surface area (Å²) in [6.07, 6.45) is 0.917. The first-order chi connectivity index (χ1) is 6.64. The van der Waals surface area contributed by atoms with Crippen LogP contribution in [0.3, 0.4) is 0 Å². The van der Waals surface area contributed by atoms with Gasteiger partial charge < -0.3 is 5.11 Å². The van der Waals surface area contributed by atoms with Crippen LogP contribution >= 0.6 is 0 Å². The van der Waals surface area contributed by atoms with Gasteiger partial charge in [-0.2, -0.15) is 0 Å². The van der Waals surface area contributed by atoms with E-state index in [2.05, 4.69) is 0 Å². The third-order valence-electron chi connectivity index (χ3n) is 2.00. The maximum Gasteiger partial charge on any atom is 0.178 e. The van der Waals surface area contributed by atoms with E-state index < -0.39 is 26.2 Å². The Morgan fingerprint density at radius 3 is 2.20 bits per heavy atom. The van der Waals surface area contributed by atoms with Crippen molar-refractivity contribution in [2.24, 2.45) is 0 Å². The van der Waals surface area contributed by atoms with Crippen molar-refractivity contribution in [2.45, 2.75) is 24.3 Å². The van der Waals surface area contributed by atoms with Crippen molar-refractivity contribution >= 4 is 9.84 Å². The molecule has 5 heteroatoms. The SMILES string of the molecule is CC(C)(O)c1cccc(F)c1S(C)(=O)=O. The van der Waals surface area contributed by atoms with Crippen LogP contribution in [0.25, 0.3) is 0 Å². The van der Waals surface area contributed by atoms with Gasteiger partial charge in [-0.3, -0.25) is 0 Å². The van der Waals surface area contributed by atoms with E-state index in [0.717, 1.165) is 12.3 Å². The van der Waals surface area contributed by atoms with E-state index >= 15 is 0 Å². The van der Waals surface area contributed by atoms with E-state index in [-0.39, 0.29) is 5.56 Å². The van der Waals surface area contributed by atoms with Crippen LogP contribution in [0.2, 0.25) is 0 Å². The quantitative estimate of drug-likeness (QED) is 0.839. The molecule has 0 atom stereocenters. The van der Waals surface area contributed by atoms with Gasteiger partial charge in [-0.05, 0) is 19.9 Å². The summed E-state index contributed by atoms with van der Waals surface area (Å²) in [5.41, 5.74) is -1.31. The molecular weight excluding hydrogens is 219 g/mol. The minimum atomic E-state index is -3.68. The zero-order valence-electron chi connectivity index (χ0n) is 8.78. The summed E-state index contributed by atoms with van der Waals surface area (Å²) >= 11 is 0. The van der Waals surface area contributed by atoms with Gasteiger partial charge in [0.1, 0.15) is 10.7 Å². The van der Waals surface area contributed by atoms with Gasteiger partial charge in [0.25, 0.3) is 0 Å². The van der Waals surface area contributed by atoms with Crippen LogP contribution < -0.4 is 0 Å². The molecule has 0 unspecified atom stereocenters. The summed E-state index contributed by atoms with van der Waals surface area (Å²) in [5.74, 6) is -0.836. The van der Waals surface area contributed by atoms with E-state index in [1.807, 2.05) is 0 Å². The van der Waals surface area contributed by atoms with E-state index in [4.69, 9.17) is 0 Å². The third-order valence-corrected chi connectivity index (χ3v) is 3.15. The fraction of sp³-hybridized carbons (Fsp3) is 0.400. The average Bonchev–Trinajstić information content (AvgIpc) is 1.99. The second kappa shape index (κ2) is 3.57. The first kappa shape index (κ1) is 12.1. The van der Waals surface area contributed by atoms with Crippen LogP contribution in [0.5, 0.6) is 0 Å². The first-order valence-corrected chi connectivity index (χ1v) is 6.24. The highest BCUT2D eigenvalue weighted by Gasteiger charge is 2.27. The molecule has 0 amide bonds. The summed E-state index contributed by atoms with van der Waals surface area (Å²) in [7, 11) is -3.68. The van der Waals surface area contributed by atoms with Crippen LogP contribution in [-0.2, 0) is 15.4 Å². The number of hydrogen-bond acceptors (Lipinski definition) is 3. The topological polar surface area (TPSA) is 54.4 Å². The molecule has 1 aromatic carbocycles. The molecule has 0 spiro atoms. The molecule has 0 heterocycles. The largest absolute Gasteiger partial charge is 0.386 e. The van der Waals surface area contributed by atoms with Crippen molar-refractivity contribution in [3.05, 3.63) is 29.6 Å². The summed E-state index contributed by atoms with van der Waals surface area (Å²) in [5, 5.41) is 9.73. The highest BCUT2D eigenvalue weighted by molar-refractivity contribution is 7.90. The minimum absolute atomic E-state index is 0.0741. The number of hydrogen-bond donors (Lipinski definition) is 1. The molecule has 0 radical (unpaired) electrons. The molecule has 0 aliphatic rings. The normalized spacial score (nSPS) is 12.9. The van der Waals surface area contributed by atoms with Gasteiger partial charge in [0.05, 0.1) is 5.60 Å². The Labute approximate surface area is 88.5 Å². The summed E-state index contributed by atoms with van der Waals surface area (Å²) in [6, 6.07) is 3.84. The molecule has 84 valence electrons. The molecule has 0 aromatic heterocycles. The Kier molecular flexibility index (Phi) is 2.89. The second-order valence-corrected chi connectivity index (χ2v) is 5.90. The molecule has 0 saturated carbocycles. The van der Waals surface area contributed by atoms with Gasteiger partial charge in [0.2, 0.25) is 0 Å². The molecule has 1 rings (SSSR count). The Bertz CT molecular complexity index is 472. The van der Waals surface area contributed by atoms with E-state index in [9.17, 15) is 17.9 Å². The lowest BCUT2D eigenvalue weighted by molar-refractivity contribution is 0.0748. The molecule has 0 fully saturated rings. The molecule has 1 N–H and O–H groups in total. The summed E-state index contributed by atoms with van der Waals surface area (Å²) < 4.78 is 36.1. The van der Waals surface area contributed by atoms with Gasteiger partial charge in [-0.1, -0.05) is 12.1 Å². The Morgan fingerprint density at radius 1 is 1.33 bits per heavy atom. The van der Waals surface area contributed by atoms with E-state index in [1.54, 1.807) is 0 Å². The molecule has 0 bridgehead atoms. The predicted molar refractivity (Wildman–Crippen MR) is 54.8 cm³/mol. The van der Waals surface area contributed by atoms with Crippen LogP contribution in [-0.4, -0.2) is 19.8 Å². The van der Waals surface area contributed by atoms with E-state index in [0.29, 0.717) is 0 Å². The highest BCUT2D eigenvalue weighted by atomic mass is 32.2. The third kappa shape index (κ3) is 2.54. The van der Waals surface area contributed by atoms with Gasteiger partial charge >= 0.3 is 0 Å². The first-order valence-electron chi connectivity index (χ1n) is 4.35. The van der Waals surface area contributed by atoms with E-state index in [1.165, 1.54) is 26.0 Å². The van der Waals surface area contributed by atoms with Gasteiger partial charge in [-0.25, -0.2) is 12.8 Å². The minimum Gasteiger partial charge on any atom is -0.386 e. The fourth-order valence-electron chi connectivity index (χ4n) is 1.37. The van der Waals surface area contributed by atoms with Gasteiger partial charge in [-0.15, -0.1) is 0 Å². The summed E-state index contributed by atoms with van der Waals surface area (Å²) in [4.78, 5) is -0.433. The number of sulfone groups is 1. The Hall–Kier alpha value is -0.940. The van der Waals surface area contributed by atoms with Crippen molar-refractivity contribution in [3.8, 4) is 0 Å². The van der Waals surface area contributed by atoms with Crippen LogP contribution in [0.4, 0.5) is 4.39 Å². The molecule has 0 saturated heterocycles. The highest BCUT2D eigenvalue weighted by Crippen LogP contribution is 2.28. The molecule has 15 heavy (non-hydrogen) atoms. The smallest absolute Gasteiger partial charge is 0.178 e. The van der Waals surface area contributed by atoms with Crippen molar-refractivity contribution in [2.75, 3.05) is 6.26 Å². The standard InChI is InChI=1S/C10H13FO3S/c1-10(2,12)7-5-4-6-8(11)9(7)15(3,13)14/h4-6,12H,1-3H3. The number of rotatable bonds is 2. The maximum absolute atomic E-state index is 13.4. The van der Waals surface area contributed by atoms with Crippen molar-refractivity contribution in [3.63, 3.8) is 0 Å². The van der Waals surface area contributed by atoms with Gasteiger partial charge in [0, 0.05) is 11.8 Å². The molecule has 1 aromatic rings. The Balaban J connectivity index is 3.63. The van der Waals surface area contributed by atoms with Crippen molar-refractivity contribution in [1.82, 2.24) is 0 Å². The number of aliphatic hydroxyl groups is 1. The number of benzene rings is 1. The van der Waals surface area contributed by atoms with Crippen LogP contribution in [0.1, 0.15) is 19.4 Å². The van der Waals surface area contributed by atoms with Crippen LogP contribution in [0, 0.1) is 5.82 Å². The molecule has 0 aliphatic heterocycles. The average molecular weight is 232 g/mol. The zero-order valence-corrected chi connectivity index (χ0v) is 9.60. The monoisotopic (exact) mass is 232 g/mol. The zero-order chi connectivity index (χ0) is 11.9. The second-order valence-electron chi connectivity index (χ2n) is 3.95. The molecule has 3 nitrogen and oxygen atoms in total. The summed E-state index contributed by atoms with van der Waals surface area (Å²) in [6.45, 7) is 2.83.